The first-order chi connectivity index (χ1) is 29.5. The van der Waals surface area contributed by atoms with E-state index in [1.165, 1.54) is 29.2 Å². The Morgan fingerprint density at radius 1 is 0.565 bits per heavy atom. The van der Waals surface area contributed by atoms with Crippen molar-refractivity contribution in [1.29, 1.82) is 0 Å². The minimum absolute atomic E-state index is 0.160. The third-order valence-electron chi connectivity index (χ3n) is 11.1. The molecule has 0 saturated heterocycles. The van der Waals surface area contributed by atoms with E-state index in [0.717, 1.165) is 62.9 Å². The molecule has 1 atom stereocenters. The Labute approximate surface area is 360 Å². The number of esters is 4. The first-order valence-corrected chi connectivity index (χ1v) is 22.2. The van der Waals surface area contributed by atoms with Gasteiger partial charge < -0.3 is 28.7 Å². The molecule has 0 N–H and O–H groups in total. The minimum atomic E-state index is -4.74. The number of rotatable bonds is 13. The fourth-order valence-corrected chi connectivity index (χ4v) is 10.8. The number of methoxy groups -OCH3 is 4. The first-order valence-electron chi connectivity index (χ1n) is 19.3. The van der Waals surface area contributed by atoms with E-state index in [9.17, 15) is 27.6 Å². The standard InChI is InChI=1S/C46H46N2O12S2/c1-31-17-21-35(22-18-31)61(53,54)37-25-39(46(43(51)59-5,44(52)60-6)48(29-37)28-34-15-11-8-12-16-34)38-26-45(41(49)57-3,42(50)58-4)47(27-33-13-9-7-10-14-33)30-40(38)62(55,56)36-23-19-32(2)20-24-36/h7-25,29-30,38H,26-28H2,1-6H3/t38-/m0/s1. The van der Waals surface area contributed by atoms with Gasteiger partial charge in [-0.15, -0.1) is 0 Å². The zero-order chi connectivity index (χ0) is 45.0. The topological polar surface area (TPSA) is 180 Å². The van der Waals surface area contributed by atoms with Crippen LogP contribution in [0, 0.1) is 19.8 Å². The highest BCUT2D eigenvalue weighted by atomic mass is 32.2. The Kier molecular flexibility index (Phi) is 12.9. The van der Waals surface area contributed by atoms with Gasteiger partial charge in [0.25, 0.3) is 5.54 Å². The zero-order valence-corrected chi connectivity index (χ0v) is 36.6. The molecule has 62 heavy (non-hydrogen) atoms. The Hall–Kier alpha value is -6.52. The lowest BCUT2D eigenvalue weighted by molar-refractivity contribution is -0.172. The van der Waals surface area contributed by atoms with E-state index in [0.29, 0.717) is 11.1 Å². The van der Waals surface area contributed by atoms with Crippen LogP contribution < -0.4 is 0 Å². The van der Waals surface area contributed by atoms with Gasteiger partial charge in [-0.3, -0.25) is 0 Å². The molecular weight excluding hydrogens is 837 g/mol. The van der Waals surface area contributed by atoms with Crippen molar-refractivity contribution in [2.24, 2.45) is 5.92 Å². The molecular formula is C46H46N2O12S2. The van der Waals surface area contributed by atoms with Gasteiger partial charge in [-0.25, -0.2) is 36.0 Å². The number of aryl methyl sites for hydroxylation is 2. The van der Waals surface area contributed by atoms with Crippen LogP contribution in [0.1, 0.15) is 28.7 Å². The molecule has 14 nitrogen and oxygen atoms in total. The lowest BCUT2D eigenvalue weighted by atomic mass is 9.71. The molecule has 16 heteroatoms. The van der Waals surface area contributed by atoms with Crippen molar-refractivity contribution < 1.29 is 55.0 Å². The molecule has 0 aromatic heterocycles. The molecule has 0 fully saturated rings. The number of carbonyl (C=O) groups is 4. The van der Waals surface area contributed by atoms with Gasteiger partial charge in [-0.05, 0) is 60.9 Å². The summed E-state index contributed by atoms with van der Waals surface area (Å²) in [6.07, 6.45) is 2.38. The smallest absolute Gasteiger partial charge is 0.348 e. The van der Waals surface area contributed by atoms with Crippen molar-refractivity contribution in [3.05, 3.63) is 165 Å². The third kappa shape index (κ3) is 7.91. The van der Waals surface area contributed by atoms with E-state index in [2.05, 4.69) is 0 Å². The molecule has 0 aliphatic carbocycles. The number of allylic oxidation sites excluding steroid dienone is 2. The first kappa shape index (κ1) is 45.0. The normalized spacial score (nSPS) is 17.1. The highest BCUT2D eigenvalue weighted by Gasteiger charge is 2.65. The fraction of sp³-hybridized carbons (Fsp3) is 0.261. The molecule has 0 radical (unpaired) electrons. The van der Waals surface area contributed by atoms with Gasteiger partial charge >= 0.3 is 23.9 Å². The van der Waals surface area contributed by atoms with Crippen molar-refractivity contribution in [3.8, 4) is 0 Å². The summed E-state index contributed by atoms with van der Waals surface area (Å²) in [6, 6.07) is 28.9. The quantitative estimate of drug-likeness (QED) is 0.0951. The number of ether oxygens (including phenoxy) is 4. The molecule has 0 spiro atoms. The summed E-state index contributed by atoms with van der Waals surface area (Å²) >= 11 is 0. The maximum atomic E-state index is 15.3. The molecule has 4 aromatic carbocycles. The molecule has 2 heterocycles. The SMILES string of the molecule is COC(=O)C1(C(=O)OC)C[C@@H](C2=CC(S(=O)(=O)c3ccc(C)cc3)=CN(Cc3ccccc3)C2(C(=O)OC)C(=O)OC)C(S(=O)(=O)c2ccc(C)cc2)=CN1Cc1ccccc1. The number of hydrogen-bond acceptors (Lipinski definition) is 14. The summed E-state index contributed by atoms with van der Waals surface area (Å²) in [5, 5.41) is 0. The van der Waals surface area contributed by atoms with Gasteiger partial charge in [0.05, 0.1) is 48.0 Å². The average molecular weight is 883 g/mol. The van der Waals surface area contributed by atoms with E-state index in [1.807, 2.05) is 0 Å². The van der Waals surface area contributed by atoms with Crippen LogP contribution in [0.4, 0.5) is 0 Å². The maximum absolute atomic E-state index is 15.3. The maximum Gasteiger partial charge on any atom is 0.348 e. The lowest BCUT2D eigenvalue weighted by Gasteiger charge is -2.49. The van der Waals surface area contributed by atoms with Crippen molar-refractivity contribution >= 4 is 43.6 Å². The predicted octanol–water partition coefficient (Wildman–Crippen LogP) is 5.37. The van der Waals surface area contributed by atoms with E-state index in [1.54, 1.807) is 98.8 Å². The van der Waals surface area contributed by atoms with Crippen molar-refractivity contribution in [2.75, 3.05) is 28.4 Å². The minimum Gasteiger partial charge on any atom is -0.467 e. The molecule has 4 aromatic rings. The Bertz CT molecular complexity index is 2640. The largest absolute Gasteiger partial charge is 0.467 e. The van der Waals surface area contributed by atoms with Gasteiger partial charge in [0.15, 0.2) is 0 Å². The van der Waals surface area contributed by atoms with E-state index >= 15 is 8.42 Å². The number of benzene rings is 4. The van der Waals surface area contributed by atoms with Gasteiger partial charge in [0.1, 0.15) is 0 Å². The van der Waals surface area contributed by atoms with Crippen LogP contribution in [0.15, 0.2) is 153 Å². The molecule has 6 rings (SSSR count). The second-order valence-corrected chi connectivity index (χ2v) is 18.7. The monoisotopic (exact) mass is 882 g/mol. The summed E-state index contributed by atoms with van der Waals surface area (Å²) < 4.78 is 81.5. The van der Waals surface area contributed by atoms with Gasteiger partial charge in [-0.2, -0.15) is 0 Å². The average Bonchev–Trinajstić information content (AvgIpc) is 3.28. The second kappa shape index (κ2) is 17.8. The molecule has 2 aliphatic heterocycles. The Morgan fingerprint density at radius 2 is 0.984 bits per heavy atom. The Balaban J connectivity index is 1.79. The van der Waals surface area contributed by atoms with Crippen molar-refractivity contribution in [1.82, 2.24) is 9.80 Å². The van der Waals surface area contributed by atoms with Crippen LogP contribution in [0.3, 0.4) is 0 Å². The highest BCUT2D eigenvalue weighted by Crippen LogP contribution is 2.51. The van der Waals surface area contributed by atoms with Gasteiger partial charge in [0, 0.05) is 37.8 Å². The van der Waals surface area contributed by atoms with Gasteiger partial charge in [0.2, 0.25) is 25.2 Å². The summed E-state index contributed by atoms with van der Waals surface area (Å²) in [7, 11) is -5.20. The number of sulfone groups is 2. The molecule has 0 saturated carbocycles. The molecule has 0 bridgehead atoms. The van der Waals surface area contributed by atoms with E-state index < -0.39 is 82.4 Å². The van der Waals surface area contributed by atoms with E-state index in [4.69, 9.17) is 18.9 Å². The molecule has 2 aliphatic rings. The number of carbonyl (C=O) groups excluding carboxylic acids is 4. The fourth-order valence-electron chi connectivity index (χ4n) is 7.88. The van der Waals surface area contributed by atoms with Crippen LogP contribution in [-0.2, 0) is 70.9 Å². The van der Waals surface area contributed by atoms with Crippen LogP contribution >= 0.6 is 0 Å². The summed E-state index contributed by atoms with van der Waals surface area (Å²) in [5.41, 5.74) is -3.23. The second-order valence-electron chi connectivity index (χ2n) is 14.8. The third-order valence-corrected chi connectivity index (χ3v) is 14.7. The van der Waals surface area contributed by atoms with Crippen LogP contribution in [0.5, 0.6) is 0 Å². The summed E-state index contributed by atoms with van der Waals surface area (Å²) in [6.45, 7) is 2.97. The van der Waals surface area contributed by atoms with Crippen molar-refractivity contribution in [3.63, 3.8) is 0 Å². The Morgan fingerprint density at radius 3 is 1.42 bits per heavy atom. The highest BCUT2D eigenvalue weighted by molar-refractivity contribution is 7.95. The van der Waals surface area contributed by atoms with Crippen LogP contribution in [0.2, 0.25) is 0 Å². The van der Waals surface area contributed by atoms with Crippen LogP contribution in [0.25, 0.3) is 0 Å². The van der Waals surface area contributed by atoms with Crippen LogP contribution in [-0.4, -0.2) is 90.0 Å². The van der Waals surface area contributed by atoms with Gasteiger partial charge in [-0.1, -0.05) is 96.1 Å². The van der Waals surface area contributed by atoms with Crippen molar-refractivity contribution in [2.45, 2.75) is 54.2 Å². The summed E-state index contributed by atoms with van der Waals surface area (Å²) in [4.78, 5) is 59.3. The predicted molar refractivity (Wildman–Crippen MR) is 227 cm³/mol. The zero-order valence-electron chi connectivity index (χ0n) is 34.9. The number of nitrogens with zero attached hydrogens (tertiary/aromatic N) is 2. The summed E-state index contributed by atoms with van der Waals surface area (Å²) in [5.74, 6) is -6.75. The molecule has 324 valence electrons. The molecule has 0 amide bonds. The number of hydrogen-bond donors (Lipinski definition) is 0. The molecule has 0 unspecified atom stereocenters. The lowest BCUT2D eigenvalue weighted by Crippen LogP contribution is -2.66. The van der Waals surface area contributed by atoms with E-state index in [-0.39, 0.29) is 22.9 Å².